The van der Waals surface area contributed by atoms with Gasteiger partial charge >= 0.3 is 5.97 Å². The van der Waals surface area contributed by atoms with Crippen LogP contribution in [0.4, 0.5) is 0 Å². The predicted octanol–water partition coefficient (Wildman–Crippen LogP) is 3.61. The molecule has 0 saturated heterocycles. The molecule has 0 spiro atoms. The largest absolute Gasteiger partial charge is 0.493 e. The zero-order chi connectivity index (χ0) is 15.7. The number of hydrogen-bond donors (Lipinski definition) is 0. The second-order valence-electron chi connectivity index (χ2n) is 5.44. The summed E-state index contributed by atoms with van der Waals surface area (Å²) in [6.45, 7) is 3.33. The summed E-state index contributed by atoms with van der Waals surface area (Å²) < 4.78 is 17.2. The minimum absolute atomic E-state index is 0.341. The smallest absolute Gasteiger partial charge is 0.303 e. The number of fused-ring (bicyclic) bond motifs is 1. The molecule has 22 heavy (non-hydrogen) atoms. The molecule has 1 aliphatic rings. The Morgan fingerprint density at radius 2 is 1.86 bits per heavy atom. The van der Waals surface area contributed by atoms with Crippen molar-refractivity contribution < 1.29 is 19.0 Å². The second-order valence-corrected chi connectivity index (χ2v) is 5.44. The number of hydrogen-bond acceptors (Lipinski definition) is 4. The zero-order valence-electron chi connectivity index (χ0n) is 12.8. The summed E-state index contributed by atoms with van der Waals surface area (Å²) in [4.78, 5) is 11.6. The van der Waals surface area contributed by atoms with Gasteiger partial charge in [0, 0.05) is 12.5 Å². The quantitative estimate of drug-likeness (QED) is 0.812. The van der Waals surface area contributed by atoms with Crippen LogP contribution in [0.5, 0.6) is 11.5 Å². The Kier molecular flexibility index (Phi) is 3.53. The minimum Gasteiger partial charge on any atom is -0.493 e. The van der Waals surface area contributed by atoms with E-state index in [4.69, 9.17) is 14.2 Å². The van der Waals surface area contributed by atoms with E-state index in [0.717, 1.165) is 11.1 Å². The van der Waals surface area contributed by atoms with Crippen LogP contribution in [0, 0.1) is 0 Å². The molecular weight excluding hydrogens is 280 g/mol. The first-order chi connectivity index (χ1) is 10.6. The molecule has 4 nitrogen and oxygen atoms in total. The highest BCUT2D eigenvalue weighted by molar-refractivity contribution is 5.67. The summed E-state index contributed by atoms with van der Waals surface area (Å²) in [5.41, 5.74) is 0.976. The molecule has 3 rings (SSSR count). The molecule has 114 valence electrons. The second kappa shape index (κ2) is 5.37. The van der Waals surface area contributed by atoms with Crippen molar-refractivity contribution in [3.8, 4) is 11.5 Å². The average molecular weight is 298 g/mol. The van der Waals surface area contributed by atoms with Gasteiger partial charge in [0.25, 0.3) is 0 Å². The average Bonchev–Trinajstić information content (AvgIpc) is 2.81. The highest BCUT2D eigenvalue weighted by Crippen LogP contribution is 2.54. The predicted molar refractivity (Wildman–Crippen MR) is 81.9 cm³/mol. The fraction of sp³-hybridized carbons (Fsp3) is 0.278. The Morgan fingerprint density at radius 1 is 1.14 bits per heavy atom. The lowest BCUT2D eigenvalue weighted by atomic mass is 9.88. The van der Waals surface area contributed by atoms with E-state index in [0.29, 0.717) is 11.5 Å². The van der Waals surface area contributed by atoms with Crippen LogP contribution in [0.25, 0.3) is 0 Å². The maximum Gasteiger partial charge on any atom is 0.303 e. The maximum atomic E-state index is 11.6. The highest BCUT2D eigenvalue weighted by atomic mass is 16.6. The number of carbonyl (C=O) groups is 1. The number of methoxy groups -OCH3 is 1. The Labute approximate surface area is 129 Å². The third-order valence-corrected chi connectivity index (χ3v) is 3.96. The van der Waals surface area contributed by atoms with E-state index < -0.39 is 11.7 Å². The fourth-order valence-electron chi connectivity index (χ4n) is 2.89. The summed E-state index contributed by atoms with van der Waals surface area (Å²) in [6, 6.07) is 15.4. The van der Waals surface area contributed by atoms with Crippen LogP contribution in [-0.2, 0) is 15.1 Å². The van der Waals surface area contributed by atoms with Crippen molar-refractivity contribution in [3.05, 3.63) is 59.7 Å². The lowest BCUT2D eigenvalue weighted by Gasteiger charge is -2.30. The van der Waals surface area contributed by atoms with Crippen LogP contribution in [0.15, 0.2) is 48.5 Å². The van der Waals surface area contributed by atoms with E-state index in [2.05, 4.69) is 0 Å². The number of esters is 1. The highest BCUT2D eigenvalue weighted by Gasteiger charge is 2.49. The maximum absolute atomic E-state index is 11.6. The molecule has 4 heteroatoms. The summed E-state index contributed by atoms with van der Waals surface area (Å²) in [6.07, 6.45) is -0.516. The molecule has 0 aliphatic carbocycles. The van der Waals surface area contributed by atoms with Gasteiger partial charge in [-0.25, -0.2) is 0 Å². The number of carbonyl (C=O) groups excluding carboxylic acids is 1. The molecule has 0 N–H and O–H groups in total. The van der Waals surface area contributed by atoms with Crippen molar-refractivity contribution in [2.75, 3.05) is 7.11 Å². The first-order valence-corrected chi connectivity index (χ1v) is 7.15. The molecule has 0 saturated carbocycles. The van der Waals surface area contributed by atoms with Gasteiger partial charge in [-0.1, -0.05) is 42.5 Å². The first kappa shape index (κ1) is 14.4. The Morgan fingerprint density at radius 3 is 2.50 bits per heavy atom. The molecule has 0 aromatic heterocycles. The molecule has 0 radical (unpaired) electrons. The molecule has 1 heterocycles. The zero-order valence-corrected chi connectivity index (χ0v) is 12.8. The van der Waals surface area contributed by atoms with Crippen molar-refractivity contribution in [3.63, 3.8) is 0 Å². The Balaban J connectivity index is 2.14. The van der Waals surface area contributed by atoms with Gasteiger partial charge in [0.1, 0.15) is 0 Å². The lowest BCUT2D eigenvalue weighted by Crippen LogP contribution is -2.33. The van der Waals surface area contributed by atoms with E-state index in [-0.39, 0.29) is 5.97 Å². The molecule has 2 aromatic carbocycles. The first-order valence-electron chi connectivity index (χ1n) is 7.15. The molecule has 0 amide bonds. The van der Waals surface area contributed by atoms with Crippen LogP contribution in [-0.4, -0.2) is 13.1 Å². The van der Waals surface area contributed by atoms with Gasteiger partial charge in [-0.15, -0.1) is 0 Å². The van der Waals surface area contributed by atoms with Gasteiger partial charge in [-0.2, -0.15) is 0 Å². The third kappa shape index (κ3) is 2.21. The fourth-order valence-corrected chi connectivity index (χ4v) is 2.89. The monoisotopic (exact) mass is 298 g/mol. The van der Waals surface area contributed by atoms with Gasteiger partial charge in [-0.05, 0) is 18.6 Å². The third-order valence-electron chi connectivity index (χ3n) is 3.96. The van der Waals surface area contributed by atoms with Crippen LogP contribution in [0.1, 0.15) is 31.1 Å². The van der Waals surface area contributed by atoms with E-state index >= 15 is 0 Å². The van der Waals surface area contributed by atoms with Crippen molar-refractivity contribution in [1.29, 1.82) is 0 Å². The Hall–Kier alpha value is -2.49. The van der Waals surface area contributed by atoms with E-state index in [1.165, 1.54) is 6.92 Å². The summed E-state index contributed by atoms with van der Waals surface area (Å²) in [5.74, 6) is 0.920. The van der Waals surface area contributed by atoms with Crippen molar-refractivity contribution >= 4 is 5.97 Å². The van der Waals surface area contributed by atoms with Gasteiger partial charge in [0.2, 0.25) is 0 Å². The molecule has 2 aromatic rings. The normalized spacial score (nSPS) is 22.6. The van der Waals surface area contributed by atoms with Crippen LogP contribution in [0.3, 0.4) is 0 Å². The molecule has 0 fully saturated rings. The SMILES string of the molecule is COc1cccc2c1O[C@](C)(c1ccccc1)[C@H]2OC(C)=O. The van der Waals surface area contributed by atoms with Crippen LogP contribution >= 0.6 is 0 Å². The van der Waals surface area contributed by atoms with Gasteiger partial charge in [-0.3, -0.25) is 4.79 Å². The van der Waals surface area contributed by atoms with Gasteiger partial charge < -0.3 is 14.2 Å². The number of rotatable bonds is 3. The van der Waals surface area contributed by atoms with Crippen LogP contribution < -0.4 is 9.47 Å². The van der Waals surface area contributed by atoms with E-state index in [9.17, 15) is 4.79 Å². The lowest BCUT2D eigenvalue weighted by molar-refractivity contribution is -0.156. The summed E-state index contributed by atoms with van der Waals surface area (Å²) in [7, 11) is 1.60. The van der Waals surface area contributed by atoms with Crippen molar-refractivity contribution in [2.24, 2.45) is 0 Å². The van der Waals surface area contributed by atoms with Gasteiger partial charge in [0.15, 0.2) is 23.2 Å². The van der Waals surface area contributed by atoms with Crippen molar-refractivity contribution in [2.45, 2.75) is 25.6 Å². The van der Waals surface area contributed by atoms with E-state index in [1.54, 1.807) is 7.11 Å². The van der Waals surface area contributed by atoms with Crippen LogP contribution in [0.2, 0.25) is 0 Å². The molecular formula is C18H18O4. The molecule has 0 unspecified atom stereocenters. The Bertz CT molecular complexity index is 695. The minimum atomic E-state index is -0.788. The van der Waals surface area contributed by atoms with E-state index in [1.807, 2.05) is 55.5 Å². The number of para-hydroxylation sites is 1. The molecule has 1 aliphatic heterocycles. The van der Waals surface area contributed by atoms with Crippen molar-refractivity contribution in [1.82, 2.24) is 0 Å². The summed E-state index contributed by atoms with van der Waals surface area (Å²) >= 11 is 0. The topological polar surface area (TPSA) is 44.8 Å². The number of ether oxygens (including phenoxy) is 3. The summed E-state index contributed by atoms with van der Waals surface area (Å²) in [5, 5.41) is 0. The standard InChI is InChI=1S/C18H18O4/c1-12(19)21-17-14-10-7-11-15(20-3)16(14)22-18(17,2)13-8-5-4-6-9-13/h4-11,17H,1-3H3/t17-,18+/m0/s1. The number of benzene rings is 2. The molecule has 0 bridgehead atoms. The molecule has 2 atom stereocenters. The van der Waals surface area contributed by atoms with Gasteiger partial charge in [0.05, 0.1) is 7.11 Å².